The quantitative estimate of drug-likeness (QED) is 0.0186. The lowest BCUT2D eigenvalue weighted by atomic mass is 9.81. The lowest BCUT2D eigenvalue weighted by Crippen LogP contribution is -2.46. The fraction of sp³-hybridized carbons (Fsp3) is 0.555. The van der Waals surface area contributed by atoms with Crippen LogP contribution in [0.5, 0.6) is 0 Å². The smallest absolute Gasteiger partial charge is 0.324 e. The molecule has 9 aromatic rings. The number of nitrogens with zero attached hydrogens (tertiary/aromatic N) is 13. The minimum atomic E-state index is 0.0794. The zero-order chi connectivity index (χ0) is 105. The highest BCUT2D eigenvalue weighted by Crippen LogP contribution is 2.39. The molecule has 812 valence electrons. The van der Waals surface area contributed by atoms with E-state index in [0.717, 1.165) is 139 Å². The van der Waals surface area contributed by atoms with Crippen LogP contribution in [0.25, 0.3) is 0 Å². The average molecular weight is 2040 g/mol. The first-order valence-electron chi connectivity index (χ1n) is 58.2. The number of amides is 8. The Bertz CT molecular complexity index is 5110. The standard InChI is InChI=1S/C37H49N3O.C36H47N3O.C26H43N5O.C23H37N3O.C6H10N4/c1-38(36-20-12-5-13-21-36)37(41)40(29-33-18-10-4-11-19-33)30-35-24-22-34(23-25-35)28-39(26-31-14-6-2-7-15-31)27-32-16-8-3-9-17-32;40-36(37-35-19-11-4-12-20-35)39(28-32-17-9-3-10-18-32)29-34-23-21-33(22-24-34)27-38(25-30-13-5-1-6-14-30)26-31-15-7-2-8-16-31;1-27-25(28-2)29-18-21-14-16-23(17-15-21)20-31(19-22-10-6-4-7-11-22)26(32)30(3)24-12-8-5-9-13-24;1-25(22-10-6-3-7-11-22)23(27)26(17-20-8-4-2-5-9-20)18-21-14-12-19(16-24)13-15-21;1-7-6(8-2)10-5-3-4-9-10/h2-3,5-9,12-17,20-21,33-35H,4,10-11,18-19,22-30H2,1H3;1-2,4-8,11-16,19-20,32-34H,3,9-10,17-18,21-29H2,(H,37,40);5,8-9,12-13,21-23H,4,6-7,10-11,14-20H2,1-3H3,(H2,27,28,29);3,6-7,10-11,19-21H,2,4-5,8-9,12-18,24H2,1H3;3-5H,1-2H3,(H,7,8). The van der Waals surface area contributed by atoms with Gasteiger partial charge < -0.3 is 46.6 Å². The van der Waals surface area contributed by atoms with Crippen LogP contribution in [0.3, 0.4) is 0 Å². The van der Waals surface area contributed by atoms with E-state index in [0.29, 0.717) is 71.0 Å². The minimum Gasteiger partial charge on any atom is -0.359 e. The summed E-state index contributed by atoms with van der Waals surface area (Å²) in [6, 6.07) is 86.1. The van der Waals surface area contributed by atoms with E-state index < -0.39 is 0 Å². The van der Waals surface area contributed by atoms with Crippen molar-refractivity contribution in [3.05, 3.63) is 283 Å². The molecule has 0 radical (unpaired) electrons. The number of hydrogen-bond acceptors (Lipinski definition) is 10. The van der Waals surface area contributed by atoms with Crippen molar-refractivity contribution in [1.29, 1.82) is 0 Å². The van der Waals surface area contributed by atoms with Crippen molar-refractivity contribution in [3.63, 3.8) is 0 Å². The number of nitrogens with two attached hydrogens (primary N) is 1. The van der Waals surface area contributed by atoms with Crippen molar-refractivity contribution >= 4 is 58.8 Å². The van der Waals surface area contributed by atoms with Crippen molar-refractivity contribution in [3.8, 4) is 0 Å². The van der Waals surface area contributed by atoms with Gasteiger partial charge in [0.15, 0.2) is 5.96 Å². The van der Waals surface area contributed by atoms with Crippen molar-refractivity contribution in [2.75, 3.05) is 148 Å². The van der Waals surface area contributed by atoms with Gasteiger partial charge in [0, 0.05) is 183 Å². The molecule has 8 saturated carbocycles. The monoisotopic (exact) mass is 2040 g/mol. The molecule has 22 heteroatoms. The maximum Gasteiger partial charge on any atom is 0.324 e. The first-order valence-corrected chi connectivity index (χ1v) is 58.2. The van der Waals surface area contributed by atoms with E-state index in [2.05, 4.69) is 187 Å². The summed E-state index contributed by atoms with van der Waals surface area (Å²) in [5.74, 6) is 9.47. The maximum atomic E-state index is 13.8. The number of carbonyl (C=O) groups is 4. The summed E-state index contributed by atoms with van der Waals surface area (Å²) >= 11 is 0. The Hall–Kier alpha value is -11.3. The molecule has 17 rings (SSSR count). The van der Waals surface area contributed by atoms with E-state index in [1.54, 1.807) is 25.0 Å². The number of hydrogen-bond donors (Lipinski definition) is 5. The highest BCUT2D eigenvalue weighted by atomic mass is 16.2. The summed E-state index contributed by atoms with van der Waals surface area (Å²) in [7, 11) is 13.0. The van der Waals surface area contributed by atoms with Crippen LogP contribution >= 0.6 is 0 Å². The van der Waals surface area contributed by atoms with Gasteiger partial charge in [0.05, 0.1) is 0 Å². The van der Waals surface area contributed by atoms with Gasteiger partial charge in [-0.2, -0.15) is 5.10 Å². The molecule has 8 aliphatic carbocycles. The minimum absolute atomic E-state index is 0.0794. The molecule has 1 aromatic heterocycles. The van der Waals surface area contributed by atoms with Crippen LogP contribution in [0.1, 0.15) is 253 Å². The number of rotatable bonds is 35. The van der Waals surface area contributed by atoms with Gasteiger partial charge >= 0.3 is 24.1 Å². The largest absolute Gasteiger partial charge is 0.359 e. The Labute approximate surface area is 902 Å². The Kier molecular flexibility index (Phi) is 50.3. The Morgan fingerprint density at radius 3 is 0.827 bits per heavy atom. The fourth-order valence-corrected chi connectivity index (χ4v) is 24.7. The molecule has 0 bridgehead atoms. The van der Waals surface area contributed by atoms with Crippen LogP contribution in [-0.2, 0) is 26.2 Å². The number of guanidine groups is 1. The van der Waals surface area contributed by atoms with Gasteiger partial charge in [-0.1, -0.05) is 271 Å². The predicted octanol–water partition coefficient (Wildman–Crippen LogP) is 26.8. The third-order valence-electron chi connectivity index (χ3n) is 33.5. The summed E-state index contributed by atoms with van der Waals surface area (Å²) < 4.78 is 1.67. The Morgan fingerprint density at radius 1 is 0.307 bits per heavy atom. The summed E-state index contributed by atoms with van der Waals surface area (Å²) in [6.45, 7) is 15.3. The van der Waals surface area contributed by atoms with Crippen molar-refractivity contribution in [2.24, 2.45) is 86.7 Å². The lowest BCUT2D eigenvalue weighted by Gasteiger charge is -2.38. The Morgan fingerprint density at radius 2 is 0.567 bits per heavy atom. The van der Waals surface area contributed by atoms with Gasteiger partial charge in [0.25, 0.3) is 0 Å². The summed E-state index contributed by atoms with van der Waals surface area (Å²) in [5.41, 5.74) is 15.2. The van der Waals surface area contributed by atoms with Gasteiger partial charge in [-0.25, -0.2) is 23.9 Å². The van der Waals surface area contributed by atoms with Crippen molar-refractivity contribution < 1.29 is 19.2 Å². The zero-order valence-electron chi connectivity index (χ0n) is 92.5. The number of anilines is 4. The molecule has 8 aromatic carbocycles. The number of aliphatic imine (C=N–C) groups is 2. The molecule has 6 N–H and O–H groups in total. The molecule has 0 atom stereocenters. The van der Waals surface area contributed by atoms with Crippen LogP contribution in [0, 0.1) is 71.0 Å². The SMILES string of the molecule is CN(C(=O)N(CC1CCCCC1)CC1CCC(CN(Cc2ccccc2)Cc2ccccc2)CC1)c1ccccc1.CN(C(=O)N(CC1CCCCC1)CC1CCC(CN)CC1)c1ccccc1.CN=C(NC)NCC1CCC(CN(CC2CCCCC2)C(=O)N(C)c2ccccc2)CC1.CN=C(NC)n1cccn1.O=C(Nc1ccccc1)N(CC1CCCCC1)CC1CCC(CN(Cc2ccccc2)Cc2ccccc2)CC1. The summed E-state index contributed by atoms with van der Waals surface area (Å²) in [5, 5.41) is 16.6. The predicted molar refractivity (Wildman–Crippen MR) is 624 cm³/mol. The molecule has 1 heterocycles. The third kappa shape index (κ3) is 40.0. The van der Waals surface area contributed by atoms with Gasteiger partial charge in [-0.05, 0) is 309 Å². The number of aromatic nitrogens is 2. The molecule has 0 saturated heterocycles. The van der Waals surface area contributed by atoms with E-state index >= 15 is 0 Å². The molecule has 8 fully saturated rings. The fourth-order valence-electron chi connectivity index (χ4n) is 24.7. The normalized spacial score (nSPS) is 20.5. The van der Waals surface area contributed by atoms with Gasteiger partial charge in [-0.15, -0.1) is 0 Å². The van der Waals surface area contributed by atoms with E-state index in [1.807, 2.05) is 184 Å². The average Bonchev–Trinajstić information content (AvgIpc) is 0.896. The van der Waals surface area contributed by atoms with E-state index in [-0.39, 0.29) is 24.1 Å². The topological polar surface area (TPSA) is 214 Å². The second kappa shape index (κ2) is 65.2. The van der Waals surface area contributed by atoms with Crippen molar-refractivity contribution in [2.45, 2.75) is 257 Å². The van der Waals surface area contributed by atoms with Gasteiger partial charge in [-0.3, -0.25) is 34.5 Å². The zero-order valence-corrected chi connectivity index (χ0v) is 92.5. The number of urea groups is 4. The summed E-state index contributed by atoms with van der Waals surface area (Å²) in [6.07, 6.45) is 49.2. The lowest BCUT2D eigenvalue weighted by molar-refractivity contribution is 0.138. The maximum absolute atomic E-state index is 13.8. The second-order valence-corrected chi connectivity index (χ2v) is 45.0. The molecule has 0 aliphatic heterocycles. The molecule has 0 unspecified atom stereocenters. The van der Waals surface area contributed by atoms with Crippen LogP contribution in [0.2, 0.25) is 0 Å². The van der Waals surface area contributed by atoms with Crippen LogP contribution in [0.15, 0.2) is 271 Å². The molecular weight excluding hydrogens is 1850 g/mol. The van der Waals surface area contributed by atoms with E-state index in [1.165, 1.54) is 253 Å². The first kappa shape index (κ1) is 116. The molecular formula is C128H186N18O4. The van der Waals surface area contributed by atoms with E-state index in [9.17, 15) is 19.2 Å². The molecule has 8 aliphatic rings. The second-order valence-electron chi connectivity index (χ2n) is 45.0. The number of nitrogens with one attached hydrogen (secondary N) is 4. The van der Waals surface area contributed by atoms with E-state index in [4.69, 9.17) is 5.73 Å². The summed E-state index contributed by atoms with van der Waals surface area (Å²) in [4.78, 5) is 81.8. The third-order valence-corrected chi connectivity index (χ3v) is 33.5. The van der Waals surface area contributed by atoms with Crippen LogP contribution in [-0.4, -0.2) is 203 Å². The van der Waals surface area contributed by atoms with Crippen LogP contribution < -0.4 is 41.7 Å². The molecule has 150 heavy (non-hydrogen) atoms. The highest BCUT2D eigenvalue weighted by Gasteiger charge is 2.36. The van der Waals surface area contributed by atoms with Gasteiger partial charge in [0.2, 0.25) is 5.96 Å². The number of carbonyl (C=O) groups excluding carboxylic acids is 4. The van der Waals surface area contributed by atoms with Gasteiger partial charge in [0.1, 0.15) is 0 Å². The molecule has 0 spiro atoms. The molecule has 8 amide bonds. The Balaban J connectivity index is 0.000000163. The number of para-hydroxylation sites is 4. The van der Waals surface area contributed by atoms with Crippen LogP contribution in [0.4, 0.5) is 41.9 Å². The highest BCUT2D eigenvalue weighted by molar-refractivity contribution is 5.93. The number of benzene rings is 8. The molecule has 22 nitrogen and oxygen atoms in total. The van der Waals surface area contributed by atoms with Crippen molar-refractivity contribution in [1.82, 2.24) is 55.1 Å². The first-order chi connectivity index (χ1) is 73.5.